The molecule has 8 heteroatoms. The molecule has 0 atom stereocenters. The Morgan fingerprint density at radius 2 is 1.96 bits per heavy atom. The second-order valence-electron chi connectivity index (χ2n) is 4.93. The van der Waals surface area contributed by atoms with Gasteiger partial charge in [0.05, 0.1) is 12.3 Å². The first-order valence-corrected chi connectivity index (χ1v) is 6.94. The molecular formula is C15H14N4O4. The van der Waals surface area contributed by atoms with E-state index < -0.39 is 0 Å². The number of aromatic nitrogens is 3. The first-order chi connectivity index (χ1) is 11.1. The molecule has 118 valence electrons. The Morgan fingerprint density at radius 3 is 2.61 bits per heavy atom. The maximum Gasteiger partial charge on any atom is 0.322 e. The summed E-state index contributed by atoms with van der Waals surface area (Å²) >= 11 is 0. The normalized spacial score (nSPS) is 10.7. The number of rotatable bonds is 5. The van der Waals surface area contributed by atoms with E-state index >= 15 is 0 Å². The lowest BCUT2D eigenvalue weighted by atomic mass is 10.2. The van der Waals surface area contributed by atoms with Gasteiger partial charge in [-0.3, -0.25) is 10.1 Å². The summed E-state index contributed by atoms with van der Waals surface area (Å²) in [5.41, 5.74) is 0.445. The topological polar surface area (TPSA) is 103 Å². The molecule has 0 spiro atoms. The highest BCUT2D eigenvalue weighted by molar-refractivity contribution is 6.03. The lowest BCUT2D eigenvalue weighted by Gasteiger charge is -2.09. The molecule has 0 unspecified atom stereocenters. The van der Waals surface area contributed by atoms with Gasteiger partial charge in [0.25, 0.3) is 11.8 Å². The van der Waals surface area contributed by atoms with E-state index in [-0.39, 0.29) is 23.9 Å². The summed E-state index contributed by atoms with van der Waals surface area (Å²) in [5.74, 6) is 0.794. The third-order valence-corrected chi connectivity index (χ3v) is 2.78. The van der Waals surface area contributed by atoms with Crippen molar-refractivity contribution in [3.8, 4) is 17.4 Å². The maximum absolute atomic E-state index is 12.1. The average molecular weight is 314 g/mol. The fourth-order valence-electron chi connectivity index (χ4n) is 1.83. The van der Waals surface area contributed by atoms with Crippen LogP contribution in [0.4, 0.5) is 6.01 Å². The number of hydrogen-bond acceptors (Lipinski definition) is 7. The van der Waals surface area contributed by atoms with E-state index in [9.17, 15) is 4.79 Å². The third kappa shape index (κ3) is 3.54. The minimum Gasteiger partial charge on any atom is -0.491 e. The lowest BCUT2D eigenvalue weighted by Crippen LogP contribution is -2.12. The van der Waals surface area contributed by atoms with Gasteiger partial charge in [-0.25, -0.2) is 0 Å². The Kier molecular flexibility index (Phi) is 4.05. The van der Waals surface area contributed by atoms with Gasteiger partial charge in [0.2, 0.25) is 5.76 Å². The van der Waals surface area contributed by atoms with Crippen LogP contribution in [-0.2, 0) is 0 Å². The number of benzene rings is 1. The monoisotopic (exact) mass is 314 g/mol. The summed E-state index contributed by atoms with van der Waals surface area (Å²) < 4.78 is 15.7. The van der Waals surface area contributed by atoms with Crippen LogP contribution in [0, 0.1) is 0 Å². The van der Waals surface area contributed by atoms with E-state index in [1.54, 1.807) is 30.3 Å². The van der Waals surface area contributed by atoms with Crippen molar-refractivity contribution in [3.63, 3.8) is 0 Å². The quantitative estimate of drug-likeness (QED) is 0.772. The molecule has 0 saturated heterocycles. The van der Waals surface area contributed by atoms with Crippen molar-refractivity contribution >= 4 is 11.9 Å². The van der Waals surface area contributed by atoms with Crippen molar-refractivity contribution in [1.29, 1.82) is 0 Å². The van der Waals surface area contributed by atoms with Crippen LogP contribution < -0.4 is 10.1 Å². The molecule has 0 fully saturated rings. The molecule has 2 aromatic heterocycles. The number of hydrogen-bond donors (Lipinski definition) is 1. The van der Waals surface area contributed by atoms with Gasteiger partial charge in [-0.15, -0.1) is 5.10 Å². The zero-order valence-corrected chi connectivity index (χ0v) is 12.5. The summed E-state index contributed by atoms with van der Waals surface area (Å²) in [6.07, 6.45) is 1.53. The predicted molar refractivity (Wildman–Crippen MR) is 80.0 cm³/mol. The van der Waals surface area contributed by atoms with Crippen molar-refractivity contribution in [3.05, 3.63) is 42.1 Å². The smallest absolute Gasteiger partial charge is 0.322 e. The number of ether oxygens (including phenoxy) is 1. The third-order valence-electron chi connectivity index (χ3n) is 2.78. The van der Waals surface area contributed by atoms with Gasteiger partial charge >= 0.3 is 6.01 Å². The molecule has 0 saturated carbocycles. The van der Waals surface area contributed by atoms with Crippen LogP contribution in [0.2, 0.25) is 0 Å². The second kappa shape index (κ2) is 6.30. The number of carbonyl (C=O) groups excluding carboxylic acids is 1. The molecule has 3 rings (SSSR count). The molecule has 3 aromatic rings. The maximum atomic E-state index is 12.1. The number of nitrogens with zero attached hydrogens (tertiary/aromatic N) is 3. The minimum atomic E-state index is -0.367. The van der Waals surface area contributed by atoms with Gasteiger partial charge in [0.15, 0.2) is 0 Å². The van der Waals surface area contributed by atoms with Gasteiger partial charge in [-0.1, -0.05) is 10.3 Å². The number of amides is 1. The zero-order chi connectivity index (χ0) is 16.2. The molecule has 0 aliphatic heterocycles. The molecule has 0 radical (unpaired) electrons. The van der Waals surface area contributed by atoms with Crippen LogP contribution in [0.25, 0.3) is 11.7 Å². The van der Waals surface area contributed by atoms with Crippen LogP contribution in [0.3, 0.4) is 0 Å². The van der Waals surface area contributed by atoms with Gasteiger partial charge < -0.3 is 13.7 Å². The van der Waals surface area contributed by atoms with Crippen LogP contribution in [-0.4, -0.2) is 27.4 Å². The second-order valence-corrected chi connectivity index (χ2v) is 4.93. The van der Waals surface area contributed by atoms with Crippen molar-refractivity contribution in [1.82, 2.24) is 15.4 Å². The fourth-order valence-corrected chi connectivity index (χ4v) is 1.83. The number of nitrogens with one attached hydrogen (secondary N) is 1. The summed E-state index contributed by atoms with van der Waals surface area (Å²) in [7, 11) is 0. The molecule has 0 aliphatic carbocycles. The Morgan fingerprint density at radius 1 is 1.17 bits per heavy atom. The first-order valence-electron chi connectivity index (χ1n) is 6.94. The largest absolute Gasteiger partial charge is 0.491 e. The molecule has 0 bridgehead atoms. The SMILES string of the molecule is CC(C)Oc1ccc(C(=O)Nc2nnc(-c3ccno3)o2)cc1. The van der Waals surface area contributed by atoms with Crippen molar-refractivity contribution in [2.24, 2.45) is 0 Å². The summed E-state index contributed by atoms with van der Waals surface area (Å²) in [6.45, 7) is 3.87. The molecule has 8 nitrogen and oxygen atoms in total. The Hall–Kier alpha value is -3.16. The van der Waals surface area contributed by atoms with E-state index in [0.717, 1.165) is 0 Å². The van der Waals surface area contributed by atoms with Crippen molar-refractivity contribution in [2.75, 3.05) is 5.32 Å². The molecule has 1 aromatic carbocycles. The molecule has 2 heterocycles. The summed E-state index contributed by atoms with van der Waals surface area (Å²) in [4.78, 5) is 12.1. The molecule has 1 amide bonds. The van der Waals surface area contributed by atoms with E-state index in [2.05, 4.69) is 20.7 Å². The van der Waals surface area contributed by atoms with Gasteiger partial charge in [0, 0.05) is 11.6 Å². The van der Waals surface area contributed by atoms with E-state index in [4.69, 9.17) is 13.7 Å². The van der Waals surface area contributed by atoms with Gasteiger partial charge in [-0.05, 0) is 38.1 Å². The Bertz CT molecular complexity index is 778. The van der Waals surface area contributed by atoms with Crippen LogP contribution in [0.15, 0.2) is 45.5 Å². The van der Waals surface area contributed by atoms with Crippen LogP contribution >= 0.6 is 0 Å². The van der Waals surface area contributed by atoms with E-state index in [0.29, 0.717) is 17.1 Å². The molecule has 0 aliphatic rings. The average Bonchev–Trinajstić information content (AvgIpc) is 3.18. The predicted octanol–water partition coefficient (Wildman–Crippen LogP) is 2.76. The van der Waals surface area contributed by atoms with Gasteiger partial charge in [-0.2, -0.15) is 0 Å². The minimum absolute atomic E-state index is 0.0242. The highest BCUT2D eigenvalue weighted by Crippen LogP contribution is 2.19. The highest BCUT2D eigenvalue weighted by atomic mass is 16.5. The standard InChI is InChI=1S/C15H14N4O4/c1-9(2)21-11-5-3-10(4-6-11)13(20)17-15-19-18-14(22-15)12-7-8-16-23-12/h3-9H,1-2H3,(H,17,19,20). The molecule has 23 heavy (non-hydrogen) atoms. The first kappa shape index (κ1) is 14.8. The van der Waals surface area contributed by atoms with Gasteiger partial charge in [0.1, 0.15) is 5.75 Å². The number of anilines is 1. The lowest BCUT2D eigenvalue weighted by molar-refractivity contribution is 0.102. The highest BCUT2D eigenvalue weighted by Gasteiger charge is 2.14. The van der Waals surface area contributed by atoms with E-state index in [1.807, 2.05) is 13.8 Å². The van der Waals surface area contributed by atoms with Crippen molar-refractivity contribution in [2.45, 2.75) is 20.0 Å². The molecule has 1 N–H and O–H groups in total. The van der Waals surface area contributed by atoms with Crippen molar-refractivity contribution < 1.29 is 18.5 Å². The fraction of sp³-hybridized carbons (Fsp3) is 0.200. The summed E-state index contributed by atoms with van der Waals surface area (Å²) in [5, 5.41) is 13.6. The molecular weight excluding hydrogens is 300 g/mol. The summed E-state index contributed by atoms with van der Waals surface area (Å²) in [6, 6.07) is 8.31. The van der Waals surface area contributed by atoms with Crippen LogP contribution in [0.1, 0.15) is 24.2 Å². The van der Waals surface area contributed by atoms with E-state index in [1.165, 1.54) is 6.20 Å². The number of carbonyl (C=O) groups is 1. The Labute approximate surface area is 131 Å². The Balaban J connectivity index is 1.67. The zero-order valence-electron chi connectivity index (χ0n) is 12.5. The van der Waals surface area contributed by atoms with Crippen LogP contribution in [0.5, 0.6) is 5.75 Å².